The molecule has 1 heterocycles. The minimum atomic E-state index is -0.199. The molecular formula is C17H28FIN4. The highest BCUT2D eigenvalue weighted by molar-refractivity contribution is 14.0. The first-order chi connectivity index (χ1) is 10.6. The molecule has 1 unspecified atom stereocenters. The van der Waals surface area contributed by atoms with Crippen LogP contribution in [0.3, 0.4) is 0 Å². The quantitative estimate of drug-likeness (QED) is 0.439. The molecule has 0 aliphatic carbocycles. The fraction of sp³-hybridized carbons (Fsp3) is 0.588. The SMILES string of the molecule is CCNC(=NCC(c1ccc(F)cc1)N(C)C)N1CCCC1.I. The molecule has 1 saturated heterocycles. The van der Waals surface area contributed by atoms with Crippen LogP contribution in [0.2, 0.25) is 0 Å². The fourth-order valence-electron chi connectivity index (χ4n) is 2.78. The molecule has 1 aromatic rings. The molecule has 23 heavy (non-hydrogen) atoms. The van der Waals surface area contributed by atoms with Crippen LogP contribution in [0.5, 0.6) is 0 Å². The first-order valence-corrected chi connectivity index (χ1v) is 8.07. The number of aliphatic imine (C=N–C) groups is 1. The Kier molecular flexibility index (Phi) is 8.83. The predicted molar refractivity (Wildman–Crippen MR) is 105 cm³/mol. The third-order valence-corrected chi connectivity index (χ3v) is 4.03. The number of nitrogens with zero attached hydrogens (tertiary/aromatic N) is 3. The largest absolute Gasteiger partial charge is 0.357 e. The van der Waals surface area contributed by atoms with Gasteiger partial charge in [-0.2, -0.15) is 0 Å². The molecule has 0 saturated carbocycles. The number of nitrogens with one attached hydrogen (secondary N) is 1. The van der Waals surface area contributed by atoms with Crippen molar-refractivity contribution in [3.63, 3.8) is 0 Å². The van der Waals surface area contributed by atoms with Gasteiger partial charge in [0.05, 0.1) is 12.6 Å². The maximum atomic E-state index is 13.1. The lowest BCUT2D eigenvalue weighted by Gasteiger charge is -2.25. The van der Waals surface area contributed by atoms with Crippen LogP contribution in [0, 0.1) is 5.82 Å². The molecule has 1 fully saturated rings. The van der Waals surface area contributed by atoms with Crippen molar-refractivity contribution in [1.29, 1.82) is 0 Å². The van der Waals surface area contributed by atoms with E-state index in [0.717, 1.165) is 31.2 Å². The lowest BCUT2D eigenvalue weighted by atomic mass is 10.1. The number of halogens is 2. The number of benzene rings is 1. The summed E-state index contributed by atoms with van der Waals surface area (Å²) in [6, 6.07) is 6.87. The van der Waals surface area contributed by atoms with Crippen LogP contribution in [0.1, 0.15) is 31.4 Å². The molecule has 1 aromatic carbocycles. The summed E-state index contributed by atoms with van der Waals surface area (Å²) in [5.74, 6) is 0.795. The number of guanidine groups is 1. The maximum Gasteiger partial charge on any atom is 0.193 e. The number of likely N-dealkylation sites (tertiary alicyclic amines) is 1. The van der Waals surface area contributed by atoms with Crippen LogP contribution in [-0.4, -0.2) is 56.0 Å². The summed E-state index contributed by atoms with van der Waals surface area (Å²) in [5.41, 5.74) is 1.09. The summed E-state index contributed by atoms with van der Waals surface area (Å²) in [6.07, 6.45) is 2.47. The monoisotopic (exact) mass is 434 g/mol. The normalized spacial score (nSPS) is 16.4. The molecule has 4 nitrogen and oxygen atoms in total. The average molecular weight is 434 g/mol. The smallest absolute Gasteiger partial charge is 0.193 e. The van der Waals surface area contributed by atoms with Crippen LogP contribution >= 0.6 is 24.0 Å². The van der Waals surface area contributed by atoms with Gasteiger partial charge in [-0.3, -0.25) is 4.99 Å². The first-order valence-electron chi connectivity index (χ1n) is 8.07. The second-order valence-electron chi connectivity index (χ2n) is 5.92. The van der Waals surface area contributed by atoms with Gasteiger partial charge in [-0.05, 0) is 51.6 Å². The highest BCUT2D eigenvalue weighted by atomic mass is 127. The van der Waals surface area contributed by atoms with Gasteiger partial charge in [0.1, 0.15) is 5.82 Å². The number of likely N-dealkylation sites (N-methyl/N-ethyl adjacent to an activating group) is 1. The van der Waals surface area contributed by atoms with Crippen LogP contribution in [0.4, 0.5) is 4.39 Å². The van der Waals surface area contributed by atoms with Gasteiger partial charge in [0.2, 0.25) is 0 Å². The van der Waals surface area contributed by atoms with Gasteiger partial charge in [0, 0.05) is 19.6 Å². The number of hydrogen-bond donors (Lipinski definition) is 1. The molecule has 0 bridgehead atoms. The minimum absolute atomic E-state index is 0. The van der Waals surface area contributed by atoms with E-state index in [1.54, 1.807) is 0 Å². The first kappa shape index (κ1) is 20.2. The number of rotatable bonds is 5. The Labute approximate surface area is 156 Å². The standard InChI is InChI=1S/C17H27FN4.HI/c1-4-19-17(22-11-5-6-12-22)20-13-16(21(2)3)14-7-9-15(18)10-8-14;/h7-10,16H,4-6,11-13H2,1-3H3,(H,19,20);1H. The van der Waals surface area contributed by atoms with E-state index in [1.165, 1.54) is 25.0 Å². The summed E-state index contributed by atoms with van der Waals surface area (Å²) in [7, 11) is 4.07. The third-order valence-electron chi connectivity index (χ3n) is 4.03. The van der Waals surface area contributed by atoms with Gasteiger partial charge in [-0.1, -0.05) is 12.1 Å². The Balaban J connectivity index is 0.00000264. The van der Waals surface area contributed by atoms with Crippen molar-refractivity contribution < 1.29 is 4.39 Å². The third kappa shape index (κ3) is 5.91. The van der Waals surface area contributed by atoms with Gasteiger partial charge in [-0.15, -0.1) is 24.0 Å². The average Bonchev–Trinajstić information content (AvgIpc) is 3.02. The summed E-state index contributed by atoms with van der Waals surface area (Å²) < 4.78 is 13.1. The van der Waals surface area contributed by atoms with E-state index in [9.17, 15) is 4.39 Å². The zero-order chi connectivity index (χ0) is 15.9. The minimum Gasteiger partial charge on any atom is -0.357 e. The van der Waals surface area contributed by atoms with Gasteiger partial charge in [0.15, 0.2) is 5.96 Å². The topological polar surface area (TPSA) is 30.9 Å². The lowest BCUT2D eigenvalue weighted by molar-refractivity contribution is 0.305. The molecule has 1 aliphatic heterocycles. The second-order valence-corrected chi connectivity index (χ2v) is 5.92. The molecule has 1 aliphatic rings. The molecule has 0 amide bonds. The van der Waals surface area contributed by atoms with Crippen molar-refractivity contribution in [2.45, 2.75) is 25.8 Å². The molecule has 0 radical (unpaired) electrons. The molecule has 0 aromatic heterocycles. The molecule has 6 heteroatoms. The highest BCUT2D eigenvalue weighted by Crippen LogP contribution is 2.19. The van der Waals surface area contributed by atoms with Crippen molar-refractivity contribution in [3.8, 4) is 0 Å². The van der Waals surface area contributed by atoms with E-state index in [0.29, 0.717) is 6.54 Å². The molecular weight excluding hydrogens is 406 g/mol. The molecule has 1 N–H and O–H groups in total. The summed E-state index contributed by atoms with van der Waals surface area (Å²) in [5, 5.41) is 3.38. The Hall–Kier alpha value is -0.890. The zero-order valence-corrected chi connectivity index (χ0v) is 16.6. The van der Waals surface area contributed by atoms with E-state index in [4.69, 9.17) is 4.99 Å². The Bertz CT molecular complexity index is 484. The van der Waals surface area contributed by atoms with Crippen LogP contribution in [0.25, 0.3) is 0 Å². The van der Waals surface area contributed by atoms with Gasteiger partial charge in [0.25, 0.3) is 0 Å². The highest BCUT2D eigenvalue weighted by Gasteiger charge is 2.18. The number of hydrogen-bond acceptors (Lipinski definition) is 2. The molecule has 130 valence electrons. The van der Waals surface area contributed by atoms with Gasteiger partial charge < -0.3 is 15.1 Å². The lowest BCUT2D eigenvalue weighted by Crippen LogP contribution is -2.40. The second kappa shape index (κ2) is 10.1. The molecule has 1 atom stereocenters. The van der Waals surface area contributed by atoms with Crippen molar-refractivity contribution in [3.05, 3.63) is 35.6 Å². The van der Waals surface area contributed by atoms with Gasteiger partial charge >= 0.3 is 0 Å². The molecule has 0 spiro atoms. The van der Waals surface area contributed by atoms with Crippen LogP contribution < -0.4 is 5.32 Å². The Morgan fingerprint density at radius 3 is 2.39 bits per heavy atom. The van der Waals surface area contributed by atoms with Crippen molar-refractivity contribution in [2.75, 3.05) is 40.3 Å². The summed E-state index contributed by atoms with van der Waals surface area (Å²) in [6.45, 7) is 5.79. The van der Waals surface area contributed by atoms with Crippen LogP contribution in [0.15, 0.2) is 29.3 Å². The van der Waals surface area contributed by atoms with Crippen molar-refractivity contribution >= 4 is 29.9 Å². The zero-order valence-electron chi connectivity index (χ0n) is 14.3. The summed E-state index contributed by atoms with van der Waals surface area (Å²) >= 11 is 0. The summed E-state index contributed by atoms with van der Waals surface area (Å²) in [4.78, 5) is 9.26. The fourth-order valence-corrected chi connectivity index (χ4v) is 2.78. The van der Waals surface area contributed by atoms with Gasteiger partial charge in [-0.25, -0.2) is 4.39 Å². The van der Waals surface area contributed by atoms with E-state index in [-0.39, 0.29) is 35.8 Å². The van der Waals surface area contributed by atoms with E-state index < -0.39 is 0 Å². The Morgan fingerprint density at radius 2 is 1.87 bits per heavy atom. The predicted octanol–water partition coefficient (Wildman–Crippen LogP) is 3.11. The van der Waals surface area contributed by atoms with E-state index in [1.807, 2.05) is 26.2 Å². The molecule has 2 rings (SSSR count). The van der Waals surface area contributed by atoms with E-state index in [2.05, 4.69) is 22.0 Å². The van der Waals surface area contributed by atoms with Crippen LogP contribution in [-0.2, 0) is 0 Å². The Morgan fingerprint density at radius 1 is 1.26 bits per heavy atom. The van der Waals surface area contributed by atoms with Crippen molar-refractivity contribution in [2.24, 2.45) is 4.99 Å². The maximum absolute atomic E-state index is 13.1. The van der Waals surface area contributed by atoms with E-state index >= 15 is 0 Å². The van der Waals surface area contributed by atoms with Crippen molar-refractivity contribution in [1.82, 2.24) is 15.1 Å².